The van der Waals surface area contributed by atoms with Gasteiger partial charge in [0, 0.05) is 32.3 Å². The molecule has 3 heteroatoms. The van der Waals surface area contributed by atoms with E-state index in [9.17, 15) is 0 Å². The zero-order valence-electron chi connectivity index (χ0n) is 12.4. The van der Waals surface area contributed by atoms with Gasteiger partial charge in [-0.2, -0.15) is 0 Å². The Morgan fingerprint density at radius 3 is 2.61 bits per heavy atom. The zero-order valence-corrected chi connectivity index (χ0v) is 12.4. The third-order valence-electron chi connectivity index (χ3n) is 4.92. The molecule has 0 aliphatic carbocycles. The van der Waals surface area contributed by atoms with Gasteiger partial charge >= 0.3 is 0 Å². The lowest BCUT2D eigenvalue weighted by Gasteiger charge is -2.45. The van der Waals surface area contributed by atoms with Crippen LogP contribution in [0.15, 0.2) is 0 Å². The minimum atomic E-state index is 0.446. The number of likely N-dealkylation sites (tertiary alicyclic amines) is 1. The predicted octanol–water partition coefficient (Wildman–Crippen LogP) is 2.12. The summed E-state index contributed by atoms with van der Waals surface area (Å²) < 4.78 is 5.56. The molecule has 0 aromatic carbocycles. The maximum absolute atomic E-state index is 5.56. The maximum Gasteiger partial charge on any atom is 0.0472 e. The lowest BCUT2D eigenvalue weighted by molar-refractivity contribution is -0.0182. The molecule has 0 amide bonds. The molecule has 2 rings (SSSR count). The molecule has 0 aromatic heterocycles. The summed E-state index contributed by atoms with van der Waals surface area (Å²) in [6.45, 7) is 10.4. The second-order valence-electron chi connectivity index (χ2n) is 6.59. The molecule has 3 nitrogen and oxygen atoms in total. The maximum atomic E-state index is 5.56. The highest BCUT2D eigenvalue weighted by Gasteiger charge is 2.36. The molecule has 0 saturated carbocycles. The van der Waals surface area contributed by atoms with Gasteiger partial charge in [-0.25, -0.2) is 0 Å². The van der Waals surface area contributed by atoms with Crippen molar-refractivity contribution in [2.75, 3.05) is 39.9 Å². The van der Waals surface area contributed by atoms with Gasteiger partial charge in [0.1, 0.15) is 0 Å². The molecule has 106 valence electrons. The van der Waals surface area contributed by atoms with Crippen molar-refractivity contribution >= 4 is 0 Å². The molecular weight excluding hydrogens is 224 g/mol. The van der Waals surface area contributed by atoms with Crippen LogP contribution in [0.1, 0.15) is 39.5 Å². The molecule has 2 aliphatic heterocycles. The van der Waals surface area contributed by atoms with Crippen molar-refractivity contribution in [1.29, 1.82) is 0 Å². The van der Waals surface area contributed by atoms with Gasteiger partial charge in [0.15, 0.2) is 0 Å². The Morgan fingerprint density at radius 1 is 1.28 bits per heavy atom. The van der Waals surface area contributed by atoms with Crippen LogP contribution in [0, 0.1) is 11.3 Å². The smallest absolute Gasteiger partial charge is 0.0472 e. The first kappa shape index (κ1) is 14.3. The quantitative estimate of drug-likeness (QED) is 0.832. The van der Waals surface area contributed by atoms with Crippen LogP contribution in [0.25, 0.3) is 0 Å². The van der Waals surface area contributed by atoms with E-state index in [1.54, 1.807) is 0 Å². The fraction of sp³-hybridized carbons (Fsp3) is 1.00. The molecule has 2 heterocycles. The van der Waals surface area contributed by atoms with E-state index in [1.165, 1.54) is 38.8 Å². The molecule has 0 radical (unpaired) electrons. The van der Waals surface area contributed by atoms with E-state index in [0.29, 0.717) is 5.41 Å². The SMILES string of the molecule is CNCC1(CN2CCC(C)CC2C)CCOCC1. The molecule has 2 aliphatic rings. The molecule has 1 N–H and O–H groups in total. The van der Waals surface area contributed by atoms with Gasteiger partial charge in [-0.05, 0) is 57.5 Å². The van der Waals surface area contributed by atoms with Gasteiger partial charge in [-0.15, -0.1) is 0 Å². The lowest BCUT2D eigenvalue weighted by atomic mass is 9.78. The van der Waals surface area contributed by atoms with Crippen molar-refractivity contribution in [3.05, 3.63) is 0 Å². The number of rotatable bonds is 4. The molecule has 2 unspecified atom stereocenters. The van der Waals surface area contributed by atoms with E-state index in [0.717, 1.165) is 31.7 Å². The number of hydrogen-bond acceptors (Lipinski definition) is 3. The highest BCUT2D eigenvalue weighted by molar-refractivity contribution is 4.89. The van der Waals surface area contributed by atoms with Crippen molar-refractivity contribution in [3.63, 3.8) is 0 Å². The highest BCUT2D eigenvalue weighted by atomic mass is 16.5. The van der Waals surface area contributed by atoms with Crippen molar-refractivity contribution in [2.24, 2.45) is 11.3 Å². The Labute approximate surface area is 112 Å². The molecule has 0 bridgehead atoms. The van der Waals surface area contributed by atoms with Crippen molar-refractivity contribution < 1.29 is 4.74 Å². The van der Waals surface area contributed by atoms with E-state index in [1.807, 2.05) is 0 Å². The standard InChI is InChI=1S/C15H30N2O/c1-13-4-7-17(14(2)10-13)12-15(11-16-3)5-8-18-9-6-15/h13-14,16H,4-12H2,1-3H3. The van der Waals surface area contributed by atoms with Crippen LogP contribution in [0.3, 0.4) is 0 Å². The first-order valence-corrected chi connectivity index (χ1v) is 7.62. The van der Waals surface area contributed by atoms with Crippen LogP contribution in [0.2, 0.25) is 0 Å². The van der Waals surface area contributed by atoms with Gasteiger partial charge in [0.05, 0.1) is 0 Å². The van der Waals surface area contributed by atoms with Crippen LogP contribution in [-0.2, 0) is 4.74 Å². The minimum absolute atomic E-state index is 0.446. The van der Waals surface area contributed by atoms with E-state index in [2.05, 4.69) is 31.1 Å². The number of piperidine rings is 1. The number of nitrogens with one attached hydrogen (secondary N) is 1. The Morgan fingerprint density at radius 2 is 2.00 bits per heavy atom. The lowest BCUT2D eigenvalue weighted by Crippen LogP contribution is -2.51. The third-order valence-corrected chi connectivity index (χ3v) is 4.92. The van der Waals surface area contributed by atoms with E-state index in [4.69, 9.17) is 4.74 Å². The van der Waals surface area contributed by atoms with Crippen LogP contribution in [-0.4, -0.2) is 50.8 Å². The summed E-state index contributed by atoms with van der Waals surface area (Å²) in [5.41, 5.74) is 0.446. The fourth-order valence-corrected chi connectivity index (χ4v) is 3.69. The number of nitrogens with zero attached hydrogens (tertiary/aromatic N) is 1. The zero-order chi connectivity index (χ0) is 13.0. The van der Waals surface area contributed by atoms with Crippen molar-refractivity contribution in [2.45, 2.75) is 45.6 Å². The predicted molar refractivity (Wildman–Crippen MR) is 75.8 cm³/mol. The molecule has 0 spiro atoms. The number of ether oxygens (including phenoxy) is 1. The van der Waals surface area contributed by atoms with Gasteiger partial charge in [-0.3, -0.25) is 0 Å². The topological polar surface area (TPSA) is 24.5 Å². The summed E-state index contributed by atoms with van der Waals surface area (Å²) in [4.78, 5) is 2.72. The van der Waals surface area contributed by atoms with Gasteiger partial charge in [0.2, 0.25) is 0 Å². The summed E-state index contributed by atoms with van der Waals surface area (Å²) in [7, 11) is 2.08. The Bertz CT molecular complexity index is 245. The largest absolute Gasteiger partial charge is 0.381 e. The van der Waals surface area contributed by atoms with Crippen molar-refractivity contribution in [1.82, 2.24) is 10.2 Å². The summed E-state index contributed by atoms with van der Waals surface area (Å²) in [6.07, 6.45) is 5.17. The summed E-state index contributed by atoms with van der Waals surface area (Å²) in [6, 6.07) is 0.755. The third kappa shape index (κ3) is 3.46. The van der Waals surface area contributed by atoms with Crippen molar-refractivity contribution in [3.8, 4) is 0 Å². The first-order valence-electron chi connectivity index (χ1n) is 7.62. The van der Waals surface area contributed by atoms with Gasteiger partial charge < -0.3 is 15.0 Å². The highest BCUT2D eigenvalue weighted by Crippen LogP contribution is 2.33. The second kappa shape index (κ2) is 6.36. The normalized spacial score (nSPS) is 33.5. The fourth-order valence-electron chi connectivity index (χ4n) is 3.69. The molecule has 2 saturated heterocycles. The Kier molecular flexibility index (Phi) is 5.05. The van der Waals surface area contributed by atoms with Crippen LogP contribution < -0.4 is 5.32 Å². The Balaban J connectivity index is 1.95. The van der Waals surface area contributed by atoms with E-state index in [-0.39, 0.29) is 0 Å². The summed E-state index contributed by atoms with van der Waals surface area (Å²) in [5, 5.41) is 3.41. The second-order valence-corrected chi connectivity index (χ2v) is 6.59. The molecular formula is C15H30N2O. The van der Waals surface area contributed by atoms with Crippen LogP contribution in [0.5, 0.6) is 0 Å². The number of hydrogen-bond donors (Lipinski definition) is 1. The molecule has 2 atom stereocenters. The monoisotopic (exact) mass is 254 g/mol. The van der Waals surface area contributed by atoms with Gasteiger partial charge in [-0.1, -0.05) is 6.92 Å². The van der Waals surface area contributed by atoms with Gasteiger partial charge in [0.25, 0.3) is 0 Å². The average molecular weight is 254 g/mol. The molecule has 2 fully saturated rings. The Hall–Kier alpha value is -0.120. The summed E-state index contributed by atoms with van der Waals surface area (Å²) >= 11 is 0. The van der Waals surface area contributed by atoms with Crippen LogP contribution in [0.4, 0.5) is 0 Å². The van der Waals surface area contributed by atoms with E-state index < -0.39 is 0 Å². The molecule has 18 heavy (non-hydrogen) atoms. The van der Waals surface area contributed by atoms with E-state index >= 15 is 0 Å². The first-order chi connectivity index (χ1) is 8.65. The molecule has 0 aromatic rings. The van der Waals surface area contributed by atoms with Crippen LogP contribution >= 0.6 is 0 Å². The average Bonchev–Trinajstić information content (AvgIpc) is 2.34. The minimum Gasteiger partial charge on any atom is -0.381 e. The summed E-state index contributed by atoms with van der Waals surface area (Å²) in [5.74, 6) is 0.909.